The smallest absolute Gasteiger partial charge is 0.258 e. The summed E-state index contributed by atoms with van der Waals surface area (Å²) in [5, 5.41) is 8.02. The quantitative estimate of drug-likeness (QED) is 0.761. The lowest BCUT2D eigenvalue weighted by molar-refractivity contribution is 0.340. The molecule has 122 valence electrons. The Balaban J connectivity index is 1.69. The highest BCUT2D eigenvalue weighted by Crippen LogP contribution is 2.34. The van der Waals surface area contributed by atoms with Gasteiger partial charge in [-0.05, 0) is 43.2 Å². The van der Waals surface area contributed by atoms with Crippen molar-refractivity contribution >= 4 is 17.3 Å². The molecule has 1 aromatic heterocycles. The van der Waals surface area contributed by atoms with Gasteiger partial charge in [-0.25, -0.2) is 0 Å². The molecule has 0 unspecified atom stereocenters. The van der Waals surface area contributed by atoms with Crippen LogP contribution in [-0.2, 0) is 6.42 Å². The van der Waals surface area contributed by atoms with Gasteiger partial charge in [-0.1, -0.05) is 28.9 Å². The van der Waals surface area contributed by atoms with Crippen molar-refractivity contribution in [3.05, 3.63) is 47.0 Å². The van der Waals surface area contributed by atoms with Crippen LogP contribution in [0.25, 0.3) is 22.8 Å². The van der Waals surface area contributed by atoms with Crippen molar-refractivity contribution in [2.45, 2.75) is 13.3 Å². The predicted molar refractivity (Wildman–Crippen MR) is 93.5 cm³/mol. The van der Waals surface area contributed by atoms with E-state index >= 15 is 0 Å². The summed E-state index contributed by atoms with van der Waals surface area (Å²) in [4.78, 5) is 4.54. The van der Waals surface area contributed by atoms with Crippen LogP contribution in [0.1, 0.15) is 12.5 Å². The van der Waals surface area contributed by atoms with Gasteiger partial charge in [-0.3, -0.25) is 0 Å². The number of fused-ring (bicyclic) bond motifs is 1. The molecule has 0 saturated carbocycles. The van der Waals surface area contributed by atoms with E-state index in [2.05, 4.69) is 21.5 Å². The second-order valence-electron chi connectivity index (χ2n) is 5.51. The van der Waals surface area contributed by atoms with Crippen molar-refractivity contribution in [3.63, 3.8) is 0 Å². The van der Waals surface area contributed by atoms with E-state index in [0.29, 0.717) is 29.1 Å². The van der Waals surface area contributed by atoms with E-state index in [0.717, 1.165) is 29.8 Å². The van der Waals surface area contributed by atoms with Gasteiger partial charge in [0.1, 0.15) is 5.75 Å². The third kappa shape index (κ3) is 2.61. The molecule has 2 heterocycles. The maximum atomic E-state index is 6.24. The van der Waals surface area contributed by atoms with Crippen LogP contribution < -0.4 is 10.1 Å². The lowest BCUT2D eigenvalue weighted by atomic mass is 10.0. The Labute approximate surface area is 144 Å². The molecule has 0 atom stereocenters. The zero-order chi connectivity index (χ0) is 16.5. The largest absolute Gasteiger partial charge is 0.492 e. The Morgan fingerprint density at radius 3 is 3.04 bits per heavy atom. The number of hydrogen-bond acceptors (Lipinski definition) is 5. The molecule has 1 N–H and O–H groups in total. The summed E-state index contributed by atoms with van der Waals surface area (Å²) in [6.07, 6.45) is 0.963. The Morgan fingerprint density at radius 1 is 1.29 bits per heavy atom. The number of aromatic nitrogens is 2. The van der Waals surface area contributed by atoms with Crippen LogP contribution in [0.4, 0.5) is 5.69 Å². The van der Waals surface area contributed by atoms with Gasteiger partial charge >= 0.3 is 0 Å². The van der Waals surface area contributed by atoms with Crippen molar-refractivity contribution in [2.75, 3.05) is 18.5 Å². The zero-order valence-corrected chi connectivity index (χ0v) is 13.9. The van der Waals surface area contributed by atoms with Crippen molar-refractivity contribution in [1.82, 2.24) is 10.1 Å². The molecule has 0 spiro atoms. The molecule has 5 nitrogen and oxygen atoms in total. The number of ether oxygens (including phenoxy) is 1. The molecule has 24 heavy (non-hydrogen) atoms. The molecule has 2 aromatic carbocycles. The zero-order valence-electron chi connectivity index (χ0n) is 13.2. The van der Waals surface area contributed by atoms with E-state index in [9.17, 15) is 0 Å². The first kappa shape index (κ1) is 15.0. The molecule has 0 fully saturated rings. The van der Waals surface area contributed by atoms with E-state index < -0.39 is 0 Å². The van der Waals surface area contributed by atoms with Gasteiger partial charge in [-0.15, -0.1) is 0 Å². The molecule has 1 aliphatic rings. The van der Waals surface area contributed by atoms with Gasteiger partial charge in [0.05, 0.1) is 11.6 Å². The van der Waals surface area contributed by atoms with E-state index in [1.54, 1.807) is 6.07 Å². The number of nitrogens with zero attached hydrogens (tertiary/aromatic N) is 2. The van der Waals surface area contributed by atoms with Crippen LogP contribution in [0.3, 0.4) is 0 Å². The number of rotatable bonds is 4. The average Bonchev–Trinajstić information content (AvgIpc) is 3.25. The summed E-state index contributed by atoms with van der Waals surface area (Å²) in [6, 6.07) is 11.5. The molecule has 4 rings (SSSR count). The van der Waals surface area contributed by atoms with Crippen LogP contribution in [0.15, 0.2) is 40.9 Å². The van der Waals surface area contributed by atoms with E-state index in [4.69, 9.17) is 20.9 Å². The lowest BCUT2D eigenvalue weighted by Gasteiger charge is -2.05. The van der Waals surface area contributed by atoms with Crippen LogP contribution >= 0.6 is 11.6 Å². The lowest BCUT2D eigenvalue weighted by Crippen LogP contribution is -1.92. The van der Waals surface area contributed by atoms with Gasteiger partial charge in [0.25, 0.3) is 5.89 Å². The van der Waals surface area contributed by atoms with Crippen molar-refractivity contribution < 1.29 is 9.26 Å². The van der Waals surface area contributed by atoms with E-state index in [1.165, 1.54) is 5.56 Å². The fourth-order valence-corrected chi connectivity index (χ4v) is 3.15. The summed E-state index contributed by atoms with van der Waals surface area (Å²) < 4.78 is 10.9. The van der Waals surface area contributed by atoms with Crippen LogP contribution in [0.2, 0.25) is 5.02 Å². The minimum Gasteiger partial charge on any atom is -0.492 e. The second-order valence-corrected chi connectivity index (χ2v) is 5.92. The van der Waals surface area contributed by atoms with Gasteiger partial charge in [0.15, 0.2) is 0 Å². The fraction of sp³-hybridized carbons (Fsp3) is 0.222. The molecule has 1 aliphatic heterocycles. The standard InChI is InChI=1S/C18H16ClN3O2/c1-2-23-16-7-6-11(10-14(16)19)18-21-17(22-24-18)13-4-3-5-15-12(13)8-9-20-15/h3-7,10,20H,2,8-9H2,1H3. The molecule has 0 aliphatic carbocycles. The highest BCUT2D eigenvalue weighted by molar-refractivity contribution is 6.32. The molecule has 0 amide bonds. The molecular weight excluding hydrogens is 326 g/mol. The maximum absolute atomic E-state index is 6.24. The monoisotopic (exact) mass is 341 g/mol. The highest BCUT2D eigenvalue weighted by atomic mass is 35.5. The molecule has 3 aromatic rings. The van der Waals surface area contributed by atoms with Crippen LogP contribution in [0, 0.1) is 0 Å². The Kier molecular flexibility index (Phi) is 3.86. The maximum Gasteiger partial charge on any atom is 0.258 e. The van der Waals surface area contributed by atoms with E-state index in [-0.39, 0.29) is 0 Å². The highest BCUT2D eigenvalue weighted by Gasteiger charge is 2.19. The third-order valence-electron chi connectivity index (χ3n) is 4.01. The summed E-state index contributed by atoms with van der Waals surface area (Å²) >= 11 is 6.24. The molecule has 0 saturated heterocycles. The average molecular weight is 342 g/mol. The molecule has 6 heteroatoms. The number of hydrogen-bond donors (Lipinski definition) is 1. The van der Waals surface area contributed by atoms with Gasteiger partial charge in [0, 0.05) is 23.4 Å². The number of anilines is 1. The first-order valence-electron chi connectivity index (χ1n) is 7.89. The van der Waals surface area contributed by atoms with Crippen molar-refractivity contribution in [2.24, 2.45) is 0 Å². The summed E-state index contributed by atoms with van der Waals surface area (Å²) in [6.45, 7) is 3.42. The van der Waals surface area contributed by atoms with Crippen LogP contribution in [-0.4, -0.2) is 23.3 Å². The molecule has 0 bridgehead atoms. The number of benzene rings is 2. The Morgan fingerprint density at radius 2 is 2.21 bits per heavy atom. The topological polar surface area (TPSA) is 60.2 Å². The van der Waals surface area contributed by atoms with Gasteiger partial charge < -0.3 is 14.6 Å². The predicted octanol–water partition coefficient (Wildman–Crippen LogP) is 4.42. The molecular formula is C18H16ClN3O2. The first-order valence-corrected chi connectivity index (χ1v) is 8.26. The number of nitrogens with one attached hydrogen (secondary N) is 1. The Hall–Kier alpha value is -2.53. The van der Waals surface area contributed by atoms with Gasteiger partial charge in [0.2, 0.25) is 5.82 Å². The van der Waals surface area contributed by atoms with E-state index in [1.807, 2.05) is 31.2 Å². The molecule has 0 radical (unpaired) electrons. The number of halogens is 1. The SMILES string of the molecule is CCOc1ccc(-c2nc(-c3cccc4c3CCN4)no2)cc1Cl. The van der Waals surface area contributed by atoms with Gasteiger partial charge in [-0.2, -0.15) is 4.98 Å². The minimum atomic E-state index is 0.443. The van der Waals surface area contributed by atoms with Crippen molar-refractivity contribution in [1.29, 1.82) is 0 Å². The second kappa shape index (κ2) is 6.17. The fourth-order valence-electron chi connectivity index (χ4n) is 2.91. The first-order chi connectivity index (χ1) is 11.8. The third-order valence-corrected chi connectivity index (χ3v) is 4.31. The Bertz CT molecular complexity index is 892. The van der Waals surface area contributed by atoms with Crippen molar-refractivity contribution in [3.8, 4) is 28.6 Å². The minimum absolute atomic E-state index is 0.443. The summed E-state index contributed by atoms with van der Waals surface area (Å²) in [5.74, 6) is 1.68. The summed E-state index contributed by atoms with van der Waals surface area (Å²) in [7, 11) is 0. The summed E-state index contributed by atoms with van der Waals surface area (Å²) in [5.41, 5.74) is 4.15. The normalized spacial score (nSPS) is 12.8. The van der Waals surface area contributed by atoms with Crippen LogP contribution in [0.5, 0.6) is 5.75 Å².